The largest absolute Gasteiger partial charge is 0.296 e. The van der Waals surface area contributed by atoms with Gasteiger partial charge in [-0.25, -0.2) is 5.84 Å². The van der Waals surface area contributed by atoms with E-state index in [2.05, 4.69) is 17.2 Å². The Morgan fingerprint density at radius 3 is 2.75 bits per heavy atom. The summed E-state index contributed by atoms with van der Waals surface area (Å²) < 4.78 is 0. The Bertz CT molecular complexity index is 428. The fourth-order valence-electron chi connectivity index (χ4n) is 3.01. The van der Waals surface area contributed by atoms with Crippen LogP contribution in [0.3, 0.4) is 0 Å². The lowest BCUT2D eigenvalue weighted by Gasteiger charge is -2.35. The summed E-state index contributed by atoms with van der Waals surface area (Å²) in [6.45, 7) is 4.43. The number of benzene rings is 1. The average Bonchev–Trinajstić information content (AvgIpc) is 2.49. The molecule has 1 amide bonds. The second-order valence-corrected chi connectivity index (χ2v) is 5.58. The molecule has 0 spiro atoms. The normalized spacial score (nSPS) is 19.8. The van der Waals surface area contributed by atoms with Crippen LogP contribution in [-0.4, -0.2) is 23.4 Å². The molecule has 1 heterocycles. The highest BCUT2D eigenvalue weighted by molar-refractivity contribution is 5.93. The zero-order valence-electron chi connectivity index (χ0n) is 12.3. The molecule has 4 nitrogen and oxygen atoms in total. The van der Waals surface area contributed by atoms with Crippen molar-refractivity contribution >= 4 is 5.91 Å². The van der Waals surface area contributed by atoms with Gasteiger partial charge in [0.1, 0.15) is 0 Å². The molecule has 1 aromatic carbocycles. The summed E-state index contributed by atoms with van der Waals surface area (Å²) in [6, 6.07) is 8.47. The lowest BCUT2D eigenvalue weighted by Crippen LogP contribution is -2.38. The van der Waals surface area contributed by atoms with Gasteiger partial charge in [0, 0.05) is 18.2 Å². The lowest BCUT2D eigenvalue weighted by atomic mass is 9.97. The van der Waals surface area contributed by atoms with Gasteiger partial charge in [-0.2, -0.15) is 0 Å². The summed E-state index contributed by atoms with van der Waals surface area (Å²) in [4.78, 5) is 14.0. The van der Waals surface area contributed by atoms with Gasteiger partial charge in [0.05, 0.1) is 0 Å². The topological polar surface area (TPSA) is 58.4 Å². The smallest absolute Gasteiger partial charge is 0.265 e. The molecule has 1 aromatic rings. The quantitative estimate of drug-likeness (QED) is 0.493. The number of nitrogen functional groups attached to an aromatic ring is 1. The molecular formula is C16H25N3O. The van der Waals surface area contributed by atoms with Gasteiger partial charge in [0.2, 0.25) is 0 Å². The van der Waals surface area contributed by atoms with Crippen LogP contribution in [0.5, 0.6) is 0 Å². The number of piperidine rings is 1. The van der Waals surface area contributed by atoms with Crippen molar-refractivity contribution in [1.29, 1.82) is 0 Å². The molecule has 0 bridgehead atoms. The van der Waals surface area contributed by atoms with E-state index in [9.17, 15) is 4.79 Å². The van der Waals surface area contributed by atoms with Crippen LogP contribution in [0.25, 0.3) is 0 Å². The second kappa shape index (κ2) is 7.41. The summed E-state index contributed by atoms with van der Waals surface area (Å²) in [5.74, 6) is 4.90. The summed E-state index contributed by atoms with van der Waals surface area (Å²) in [5, 5.41) is 0. The van der Waals surface area contributed by atoms with Gasteiger partial charge in [0.25, 0.3) is 5.91 Å². The molecule has 1 atom stereocenters. The maximum absolute atomic E-state index is 11.4. The number of amides is 1. The van der Waals surface area contributed by atoms with Crippen molar-refractivity contribution in [2.75, 3.05) is 6.54 Å². The predicted molar refractivity (Wildman–Crippen MR) is 81.1 cm³/mol. The van der Waals surface area contributed by atoms with Gasteiger partial charge in [0.15, 0.2) is 0 Å². The summed E-state index contributed by atoms with van der Waals surface area (Å²) in [5.41, 5.74) is 4.03. The highest BCUT2D eigenvalue weighted by Gasteiger charge is 2.21. The Labute approximate surface area is 121 Å². The van der Waals surface area contributed by atoms with Crippen molar-refractivity contribution in [3.63, 3.8) is 0 Å². The molecule has 0 aromatic heterocycles. The third kappa shape index (κ3) is 3.81. The molecule has 1 aliphatic rings. The van der Waals surface area contributed by atoms with Crippen LogP contribution in [0, 0.1) is 0 Å². The van der Waals surface area contributed by atoms with Crippen LogP contribution in [0.15, 0.2) is 24.3 Å². The molecule has 4 heteroatoms. The number of hydrogen-bond donors (Lipinski definition) is 2. The number of likely N-dealkylation sites (tertiary alicyclic amines) is 1. The number of nitrogens with zero attached hydrogens (tertiary/aromatic N) is 1. The minimum Gasteiger partial charge on any atom is -0.296 e. The number of hydrogen-bond acceptors (Lipinski definition) is 3. The number of carbonyl (C=O) groups is 1. The number of nitrogens with two attached hydrogens (primary N) is 1. The molecule has 1 saturated heterocycles. The molecule has 0 saturated carbocycles. The van der Waals surface area contributed by atoms with E-state index in [4.69, 9.17) is 5.84 Å². The van der Waals surface area contributed by atoms with E-state index in [-0.39, 0.29) is 5.91 Å². The molecule has 1 aliphatic heterocycles. The van der Waals surface area contributed by atoms with Crippen molar-refractivity contribution in [2.45, 2.75) is 51.6 Å². The van der Waals surface area contributed by atoms with Gasteiger partial charge in [-0.1, -0.05) is 31.9 Å². The lowest BCUT2D eigenvalue weighted by molar-refractivity contribution is 0.0953. The number of nitrogens with one attached hydrogen (secondary N) is 1. The molecular weight excluding hydrogens is 250 g/mol. The third-order valence-electron chi connectivity index (χ3n) is 4.10. The minimum atomic E-state index is -0.238. The fraction of sp³-hybridized carbons (Fsp3) is 0.562. The molecule has 0 radical (unpaired) electrons. The molecule has 0 aliphatic carbocycles. The maximum atomic E-state index is 11.4. The molecule has 20 heavy (non-hydrogen) atoms. The highest BCUT2D eigenvalue weighted by Crippen LogP contribution is 2.23. The zero-order valence-corrected chi connectivity index (χ0v) is 12.3. The fourth-order valence-corrected chi connectivity index (χ4v) is 3.01. The average molecular weight is 275 g/mol. The molecule has 2 rings (SSSR count). The first-order valence-electron chi connectivity index (χ1n) is 7.58. The van der Waals surface area contributed by atoms with Crippen LogP contribution in [-0.2, 0) is 6.54 Å². The van der Waals surface area contributed by atoms with Crippen LogP contribution in [0.2, 0.25) is 0 Å². The Kier molecular flexibility index (Phi) is 5.56. The van der Waals surface area contributed by atoms with Gasteiger partial charge < -0.3 is 0 Å². The standard InChI is InChI=1S/C16H25N3O/c1-2-5-15-6-3-4-11-19(15)12-13-7-9-14(10-8-13)16(20)18-17/h7-10,15H,2-6,11-12,17H2,1H3,(H,18,20). The summed E-state index contributed by atoms with van der Waals surface area (Å²) >= 11 is 0. The first-order chi connectivity index (χ1) is 9.74. The molecule has 1 unspecified atom stereocenters. The summed E-state index contributed by atoms with van der Waals surface area (Å²) in [7, 11) is 0. The van der Waals surface area contributed by atoms with Crippen molar-refractivity contribution in [3.8, 4) is 0 Å². The van der Waals surface area contributed by atoms with Crippen molar-refractivity contribution < 1.29 is 4.79 Å². The van der Waals surface area contributed by atoms with E-state index < -0.39 is 0 Å². The number of rotatable bonds is 5. The van der Waals surface area contributed by atoms with Crippen LogP contribution in [0.1, 0.15) is 54.9 Å². The molecule has 110 valence electrons. The van der Waals surface area contributed by atoms with Crippen molar-refractivity contribution in [3.05, 3.63) is 35.4 Å². The van der Waals surface area contributed by atoms with E-state index in [0.717, 1.165) is 12.6 Å². The van der Waals surface area contributed by atoms with Gasteiger partial charge in [-0.3, -0.25) is 15.1 Å². The maximum Gasteiger partial charge on any atom is 0.265 e. The molecule has 3 N–H and O–H groups in total. The minimum absolute atomic E-state index is 0.238. The van der Waals surface area contributed by atoms with Crippen molar-refractivity contribution in [2.24, 2.45) is 5.84 Å². The van der Waals surface area contributed by atoms with E-state index in [1.165, 1.54) is 44.2 Å². The third-order valence-corrected chi connectivity index (χ3v) is 4.10. The Morgan fingerprint density at radius 2 is 2.10 bits per heavy atom. The molecule has 1 fully saturated rings. The number of carbonyl (C=O) groups excluding carboxylic acids is 1. The number of hydrazine groups is 1. The predicted octanol–water partition coefficient (Wildman–Crippen LogP) is 2.44. The van der Waals surface area contributed by atoms with Crippen LogP contribution in [0.4, 0.5) is 0 Å². The zero-order chi connectivity index (χ0) is 14.4. The van der Waals surface area contributed by atoms with Gasteiger partial charge >= 0.3 is 0 Å². The highest BCUT2D eigenvalue weighted by atomic mass is 16.2. The second-order valence-electron chi connectivity index (χ2n) is 5.58. The Morgan fingerprint density at radius 1 is 1.35 bits per heavy atom. The Hall–Kier alpha value is -1.39. The van der Waals surface area contributed by atoms with E-state index in [1.807, 2.05) is 24.3 Å². The van der Waals surface area contributed by atoms with E-state index >= 15 is 0 Å². The van der Waals surface area contributed by atoms with Gasteiger partial charge in [-0.15, -0.1) is 0 Å². The monoisotopic (exact) mass is 275 g/mol. The van der Waals surface area contributed by atoms with E-state index in [0.29, 0.717) is 5.56 Å². The van der Waals surface area contributed by atoms with Gasteiger partial charge in [-0.05, 0) is 43.5 Å². The SMILES string of the molecule is CCCC1CCCCN1Cc1ccc(C(=O)NN)cc1. The first kappa shape index (κ1) is 15.0. The summed E-state index contributed by atoms with van der Waals surface area (Å²) in [6.07, 6.45) is 6.51. The van der Waals surface area contributed by atoms with Crippen molar-refractivity contribution in [1.82, 2.24) is 10.3 Å². The first-order valence-corrected chi connectivity index (χ1v) is 7.58. The van der Waals surface area contributed by atoms with Crippen LogP contribution >= 0.6 is 0 Å². The van der Waals surface area contributed by atoms with Crippen LogP contribution < -0.4 is 11.3 Å². The Balaban J connectivity index is 1.99. The van der Waals surface area contributed by atoms with E-state index in [1.54, 1.807) is 0 Å².